The van der Waals surface area contributed by atoms with E-state index in [0.29, 0.717) is 6.42 Å². The Kier molecular flexibility index (Phi) is 22.6. The second-order valence-electron chi connectivity index (χ2n) is 8.12. The Bertz CT molecular complexity index is 311. The number of allylic oxidation sites excluding steroid dienone is 1. The van der Waals surface area contributed by atoms with Gasteiger partial charge in [-0.05, 0) is 19.3 Å². The van der Waals surface area contributed by atoms with E-state index in [9.17, 15) is 4.79 Å². The third-order valence-electron chi connectivity index (χ3n) is 5.52. The van der Waals surface area contributed by atoms with E-state index in [4.69, 9.17) is 0 Å². The molecule has 0 aliphatic rings. The minimum absolute atomic E-state index is 0.0649. The number of esters is 1. The van der Waals surface area contributed by atoms with Crippen molar-refractivity contribution >= 4 is 5.97 Å². The second kappa shape index (κ2) is 23.2. The predicted octanol–water partition coefficient (Wildman–Crippen LogP) is 8.54. The van der Waals surface area contributed by atoms with E-state index < -0.39 is 0 Å². The summed E-state index contributed by atoms with van der Waals surface area (Å²) in [6.45, 7) is 3.78. The van der Waals surface area contributed by atoms with Crippen LogP contribution in [0.2, 0.25) is 0 Å². The van der Waals surface area contributed by atoms with Gasteiger partial charge in [-0.3, -0.25) is 4.79 Å². The molecular weight excluding hydrogens is 332 g/mol. The van der Waals surface area contributed by atoms with Crippen molar-refractivity contribution in [2.75, 3.05) is 7.11 Å². The van der Waals surface area contributed by atoms with E-state index in [1.807, 2.05) is 6.08 Å². The lowest BCUT2D eigenvalue weighted by molar-refractivity contribution is -0.140. The molecule has 0 rings (SSSR count). The van der Waals surface area contributed by atoms with Crippen molar-refractivity contribution in [2.24, 2.45) is 0 Å². The molecule has 0 aromatic rings. The Hall–Kier alpha value is -0.790. The molecule has 0 unspecified atom stereocenters. The SMILES string of the molecule is C=CCCCCCCCCCCCCCCCCCCCCCC(=O)OC. The molecule has 0 spiro atoms. The third kappa shape index (κ3) is 23.2. The largest absolute Gasteiger partial charge is 0.469 e. The number of carbonyl (C=O) groups is 1. The van der Waals surface area contributed by atoms with Gasteiger partial charge in [-0.1, -0.05) is 115 Å². The van der Waals surface area contributed by atoms with Crippen molar-refractivity contribution < 1.29 is 9.53 Å². The molecule has 0 aliphatic carbocycles. The zero-order chi connectivity index (χ0) is 19.8. The molecule has 2 heteroatoms. The van der Waals surface area contributed by atoms with Crippen LogP contribution in [0.1, 0.15) is 135 Å². The van der Waals surface area contributed by atoms with E-state index in [-0.39, 0.29) is 5.97 Å². The van der Waals surface area contributed by atoms with Gasteiger partial charge in [0.2, 0.25) is 0 Å². The van der Waals surface area contributed by atoms with Gasteiger partial charge in [-0.15, -0.1) is 6.58 Å². The summed E-state index contributed by atoms with van der Waals surface area (Å²) < 4.78 is 4.65. The molecular formula is C25H48O2. The molecule has 0 atom stereocenters. The molecule has 0 saturated heterocycles. The molecule has 0 N–H and O–H groups in total. The standard InChI is InChI=1S/C25H48O2/c1-3-4-5-6-7-8-9-10-11-12-13-14-15-16-17-18-19-20-21-22-23-24-25(26)27-2/h3H,1,4-24H2,2H3. The highest BCUT2D eigenvalue weighted by atomic mass is 16.5. The molecule has 0 amide bonds. The van der Waals surface area contributed by atoms with Gasteiger partial charge < -0.3 is 4.74 Å². The number of methoxy groups -OCH3 is 1. The van der Waals surface area contributed by atoms with Crippen molar-refractivity contribution in [3.05, 3.63) is 12.7 Å². The molecule has 0 bridgehead atoms. The number of unbranched alkanes of at least 4 members (excludes halogenated alkanes) is 19. The first-order valence-electron chi connectivity index (χ1n) is 12.0. The van der Waals surface area contributed by atoms with Gasteiger partial charge in [0.25, 0.3) is 0 Å². The first-order chi connectivity index (χ1) is 13.3. The van der Waals surface area contributed by atoms with Crippen molar-refractivity contribution in [1.82, 2.24) is 0 Å². The fraction of sp³-hybridized carbons (Fsp3) is 0.880. The summed E-state index contributed by atoms with van der Waals surface area (Å²) in [5.41, 5.74) is 0. The minimum atomic E-state index is -0.0649. The smallest absolute Gasteiger partial charge is 0.305 e. The van der Waals surface area contributed by atoms with E-state index in [1.165, 1.54) is 129 Å². The van der Waals surface area contributed by atoms with Crippen LogP contribution in [-0.4, -0.2) is 13.1 Å². The quantitative estimate of drug-likeness (QED) is 0.107. The maximum Gasteiger partial charge on any atom is 0.305 e. The normalized spacial score (nSPS) is 10.9. The van der Waals surface area contributed by atoms with E-state index in [2.05, 4.69) is 11.3 Å². The lowest BCUT2D eigenvalue weighted by Gasteiger charge is -2.04. The average molecular weight is 381 g/mol. The zero-order valence-electron chi connectivity index (χ0n) is 18.5. The summed E-state index contributed by atoms with van der Waals surface area (Å²) >= 11 is 0. The van der Waals surface area contributed by atoms with Crippen LogP contribution in [0.25, 0.3) is 0 Å². The highest BCUT2D eigenvalue weighted by Crippen LogP contribution is 2.15. The molecule has 0 saturated carbocycles. The number of carbonyl (C=O) groups excluding carboxylic acids is 1. The Morgan fingerprint density at radius 1 is 0.593 bits per heavy atom. The van der Waals surface area contributed by atoms with Crippen LogP contribution in [0.15, 0.2) is 12.7 Å². The summed E-state index contributed by atoms with van der Waals surface area (Å²) in [5.74, 6) is -0.0649. The zero-order valence-corrected chi connectivity index (χ0v) is 18.5. The molecule has 27 heavy (non-hydrogen) atoms. The summed E-state index contributed by atoms with van der Waals surface area (Å²) in [6, 6.07) is 0. The second-order valence-corrected chi connectivity index (χ2v) is 8.12. The van der Waals surface area contributed by atoms with Crippen molar-refractivity contribution in [3.8, 4) is 0 Å². The van der Waals surface area contributed by atoms with E-state index in [1.54, 1.807) is 0 Å². The Morgan fingerprint density at radius 3 is 1.19 bits per heavy atom. The van der Waals surface area contributed by atoms with Gasteiger partial charge in [-0.2, -0.15) is 0 Å². The third-order valence-corrected chi connectivity index (χ3v) is 5.52. The van der Waals surface area contributed by atoms with Crippen LogP contribution < -0.4 is 0 Å². The highest BCUT2D eigenvalue weighted by molar-refractivity contribution is 5.68. The van der Waals surface area contributed by atoms with Gasteiger partial charge in [0.15, 0.2) is 0 Å². The topological polar surface area (TPSA) is 26.3 Å². The van der Waals surface area contributed by atoms with Crippen molar-refractivity contribution in [3.63, 3.8) is 0 Å². The van der Waals surface area contributed by atoms with Crippen LogP contribution in [-0.2, 0) is 9.53 Å². The minimum Gasteiger partial charge on any atom is -0.469 e. The van der Waals surface area contributed by atoms with Crippen molar-refractivity contribution in [2.45, 2.75) is 135 Å². The van der Waals surface area contributed by atoms with Crippen LogP contribution in [0.3, 0.4) is 0 Å². The molecule has 0 aromatic heterocycles. The molecule has 0 radical (unpaired) electrons. The van der Waals surface area contributed by atoms with Gasteiger partial charge in [-0.25, -0.2) is 0 Å². The van der Waals surface area contributed by atoms with Crippen LogP contribution >= 0.6 is 0 Å². The fourth-order valence-corrected chi connectivity index (χ4v) is 3.67. The van der Waals surface area contributed by atoms with Crippen molar-refractivity contribution in [1.29, 1.82) is 0 Å². The molecule has 2 nitrogen and oxygen atoms in total. The maximum absolute atomic E-state index is 11.0. The number of ether oxygens (including phenoxy) is 1. The van der Waals surface area contributed by atoms with Crippen LogP contribution in [0.4, 0.5) is 0 Å². The lowest BCUT2D eigenvalue weighted by atomic mass is 10.0. The van der Waals surface area contributed by atoms with E-state index in [0.717, 1.165) is 6.42 Å². The first-order valence-corrected chi connectivity index (χ1v) is 12.0. The van der Waals surface area contributed by atoms with E-state index >= 15 is 0 Å². The monoisotopic (exact) mass is 380 g/mol. The van der Waals surface area contributed by atoms with Gasteiger partial charge in [0.05, 0.1) is 7.11 Å². The Labute approximate surface area is 170 Å². The van der Waals surface area contributed by atoms with Crippen LogP contribution in [0, 0.1) is 0 Å². The fourth-order valence-electron chi connectivity index (χ4n) is 3.67. The number of hydrogen-bond donors (Lipinski definition) is 0. The lowest BCUT2D eigenvalue weighted by Crippen LogP contribution is -1.99. The number of rotatable bonds is 22. The summed E-state index contributed by atoms with van der Waals surface area (Å²) in [6.07, 6.45) is 29.8. The molecule has 160 valence electrons. The first kappa shape index (κ1) is 26.2. The molecule has 0 fully saturated rings. The molecule has 0 heterocycles. The molecule has 0 aliphatic heterocycles. The van der Waals surface area contributed by atoms with Gasteiger partial charge in [0, 0.05) is 6.42 Å². The summed E-state index contributed by atoms with van der Waals surface area (Å²) in [4.78, 5) is 11.0. The Morgan fingerprint density at radius 2 is 0.889 bits per heavy atom. The van der Waals surface area contributed by atoms with Gasteiger partial charge >= 0.3 is 5.97 Å². The molecule has 0 aromatic carbocycles. The highest BCUT2D eigenvalue weighted by Gasteiger charge is 1.99. The Balaban J connectivity index is 3.01. The summed E-state index contributed by atoms with van der Waals surface area (Å²) in [7, 11) is 1.47. The van der Waals surface area contributed by atoms with Gasteiger partial charge in [0.1, 0.15) is 0 Å². The average Bonchev–Trinajstić information content (AvgIpc) is 2.68. The number of hydrogen-bond acceptors (Lipinski definition) is 2. The van der Waals surface area contributed by atoms with Crippen LogP contribution in [0.5, 0.6) is 0 Å². The maximum atomic E-state index is 11.0. The summed E-state index contributed by atoms with van der Waals surface area (Å²) in [5, 5.41) is 0. The predicted molar refractivity (Wildman–Crippen MR) is 119 cm³/mol.